The Morgan fingerprint density at radius 3 is 2.19 bits per heavy atom. The zero-order valence-electron chi connectivity index (χ0n) is 17.1. The number of aliphatic imine (C=N–C) groups is 1. The number of nitrogens with zero attached hydrogens (tertiary/aromatic N) is 1. The quantitative estimate of drug-likeness (QED) is 0.280. The SMILES string of the molecule is CCCOC1(CNC(=NC)NCC2(CCOC)CCC2)CCCCC1.I. The summed E-state index contributed by atoms with van der Waals surface area (Å²) in [5, 5.41) is 7.11. The molecule has 0 heterocycles. The Morgan fingerprint density at radius 2 is 1.65 bits per heavy atom. The minimum Gasteiger partial charge on any atom is -0.385 e. The third-order valence-corrected chi connectivity index (χ3v) is 6.06. The van der Waals surface area contributed by atoms with Gasteiger partial charge >= 0.3 is 0 Å². The minimum absolute atomic E-state index is 0. The van der Waals surface area contributed by atoms with Gasteiger partial charge in [-0.2, -0.15) is 0 Å². The molecule has 2 fully saturated rings. The number of rotatable bonds is 10. The molecule has 0 saturated heterocycles. The number of ether oxygens (including phenoxy) is 2. The molecular weight excluding hydrogens is 441 g/mol. The molecule has 0 aromatic rings. The fourth-order valence-electron chi connectivity index (χ4n) is 4.13. The number of hydrogen-bond acceptors (Lipinski definition) is 3. The highest BCUT2D eigenvalue weighted by Gasteiger charge is 2.37. The topological polar surface area (TPSA) is 54.9 Å². The molecule has 26 heavy (non-hydrogen) atoms. The van der Waals surface area contributed by atoms with Crippen molar-refractivity contribution in [2.45, 2.75) is 76.7 Å². The molecule has 0 amide bonds. The van der Waals surface area contributed by atoms with Crippen molar-refractivity contribution in [3.05, 3.63) is 0 Å². The van der Waals surface area contributed by atoms with Crippen LogP contribution >= 0.6 is 24.0 Å². The summed E-state index contributed by atoms with van der Waals surface area (Å²) in [6.45, 7) is 5.73. The van der Waals surface area contributed by atoms with E-state index in [1.807, 2.05) is 7.05 Å². The summed E-state index contributed by atoms with van der Waals surface area (Å²) in [5.41, 5.74) is 0.394. The van der Waals surface area contributed by atoms with Gasteiger partial charge in [-0.15, -0.1) is 24.0 Å². The average molecular weight is 481 g/mol. The first-order chi connectivity index (χ1) is 12.2. The van der Waals surface area contributed by atoms with Crippen molar-refractivity contribution in [3.8, 4) is 0 Å². The van der Waals surface area contributed by atoms with Crippen LogP contribution in [0.15, 0.2) is 4.99 Å². The Bertz CT molecular complexity index is 408. The van der Waals surface area contributed by atoms with Gasteiger partial charge in [0.2, 0.25) is 0 Å². The van der Waals surface area contributed by atoms with Gasteiger partial charge in [0.1, 0.15) is 0 Å². The maximum Gasteiger partial charge on any atom is 0.191 e. The molecule has 2 rings (SSSR count). The van der Waals surface area contributed by atoms with Crippen LogP contribution in [0.5, 0.6) is 0 Å². The molecule has 0 aliphatic heterocycles. The number of methoxy groups -OCH3 is 1. The Hall–Kier alpha value is -0.0800. The van der Waals surface area contributed by atoms with Crippen molar-refractivity contribution in [1.29, 1.82) is 0 Å². The number of halogens is 1. The van der Waals surface area contributed by atoms with Crippen molar-refractivity contribution in [1.82, 2.24) is 10.6 Å². The van der Waals surface area contributed by atoms with E-state index in [4.69, 9.17) is 9.47 Å². The van der Waals surface area contributed by atoms with Crippen LogP contribution in [0.3, 0.4) is 0 Å². The van der Waals surface area contributed by atoms with Gasteiger partial charge in [0.15, 0.2) is 5.96 Å². The molecule has 2 aliphatic carbocycles. The van der Waals surface area contributed by atoms with Crippen LogP contribution in [0.1, 0.15) is 71.1 Å². The molecular formula is C20H40IN3O2. The smallest absolute Gasteiger partial charge is 0.191 e. The first kappa shape index (κ1) is 24.0. The van der Waals surface area contributed by atoms with E-state index in [1.165, 1.54) is 38.5 Å². The van der Waals surface area contributed by atoms with Gasteiger partial charge in [0, 0.05) is 40.5 Å². The van der Waals surface area contributed by atoms with Gasteiger partial charge in [0.05, 0.1) is 5.60 Å². The van der Waals surface area contributed by atoms with Crippen molar-refractivity contribution >= 4 is 29.9 Å². The van der Waals surface area contributed by atoms with Gasteiger partial charge in [0.25, 0.3) is 0 Å². The highest BCUT2D eigenvalue weighted by Crippen LogP contribution is 2.43. The Labute approximate surface area is 177 Å². The van der Waals surface area contributed by atoms with Crippen molar-refractivity contribution < 1.29 is 9.47 Å². The maximum atomic E-state index is 6.28. The molecule has 5 nitrogen and oxygen atoms in total. The van der Waals surface area contributed by atoms with E-state index in [1.54, 1.807) is 7.11 Å². The predicted molar refractivity (Wildman–Crippen MR) is 120 cm³/mol. The van der Waals surface area contributed by atoms with Gasteiger partial charge in [-0.05, 0) is 43.9 Å². The van der Waals surface area contributed by atoms with Gasteiger partial charge < -0.3 is 20.1 Å². The van der Waals surface area contributed by atoms with E-state index in [-0.39, 0.29) is 29.6 Å². The molecule has 0 radical (unpaired) electrons. The summed E-state index contributed by atoms with van der Waals surface area (Å²) in [6, 6.07) is 0. The average Bonchev–Trinajstić information content (AvgIpc) is 2.62. The number of guanidine groups is 1. The number of nitrogens with one attached hydrogen (secondary N) is 2. The summed E-state index contributed by atoms with van der Waals surface area (Å²) in [6.07, 6.45) is 12.4. The minimum atomic E-state index is -0.00388. The van der Waals surface area contributed by atoms with Crippen LogP contribution in [0.2, 0.25) is 0 Å². The first-order valence-corrected chi connectivity index (χ1v) is 10.2. The lowest BCUT2D eigenvalue weighted by molar-refractivity contribution is -0.0657. The second-order valence-corrected chi connectivity index (χ2v) is 7.97. The molecule has 0 aromatic carbocycles. The monoisotopic (exact) mass is 481 g/mol. The zero-order valence-corrected chi connectivity index (χ0v) is 19.4. The van der Waals surface area contributed by atoms with Crippen molar-refractivity contribution in [2.24, 2.45) is 10.4 Å². The van der Waals surface area contributed by atoms with E-state index < -0.39 is 0 Å². The van der Waals surface area contributed by atoms with E-state index in [0.29, 0.717) is 5.41 Å². The van der Waals surface area contributed by atoms with Crippen LogP contribution in [0.25, 0.3) is 0 Å². The zero-order chi connectivity index (χ0) is 18.0. The van der Waals surface area contributed by atoms with Crippen LogP contribution in [-0.2, 0) is 9.47 Å². The molecule has 0 aromatic heterocycles. The molecule has 0 spiro atoms. The van der Waals surface area contributed by atoms with Gasteiger partial charge in [-0.1, -0.05) is 32.6 Å². The summed E-state index contributed by atoms with van der Waals surface area (Å²) >= 11 is 0. The third kappa shape index (κ3) is 7.15. The van der Waals surface area contributed by atoms with Crippen LogP contribution in [0, 0.1) is 5.41 Å². The Balaban J connectivity index is 0.00000338. The lowest BCUT2D eigenvalue weighted by Gasteiger charge is -2.42. The van der Waals surface area contributed by atoms with Crippen LogP contribution in [0.4, 0.5) is 0 Å². The predicted octanol–water partition coefficient (Wildman–Crippen LogP) is 4.11. The molecule has 0 bridgehead atoms. The summed E-state index contributed by atoms with van der Waals surface area (Å²) in [5.74, 6) is 0.911. The van der Waals surface area contributed by atoms with Crippen LogP contribution in [-0.4, -0.2) is 52.0 Å². The fraction of sp³-hybridized carbons (Fsp3) is 0.950. The first-order valence-electron chi connectivity index (χ1n) is 10.2. The number of hydrogen-bond donors (Lipinski definition) is 2. The fourth-order valence-corrected chi connectivity index (χ4v) is 4.13. The summed E-state index contributed by atoms with van der Waals surface area (Å²) in [7, 11) is 3.65. The molecule has 0 atom stereocenters. The van der Waals surface area contributed by atoms with Crippen molar-refractivity contribution in [3.63, 3.8) is 0 Å². The summed E-state index contributed by atoms with van der Waals surface area (Å²) in [4.78, 5) is 4.43. The normalized spacial score (nSPS) is 21.4. The molecule has 6 heteroatoms. The van der Waals surface area contributed by atoms with E-state index in [0.717, 1.165) is 57.9 Å². The molecule has 154 valence electrons. The third-order valence-electron chi connectivity index (χ3n) is 6.06. The molecule has 2 saturated carbocycles. The van der Waals surface area contributed by atoms with Crippen LogP contribution < -0.4 is 10.6 Å². The van der Waals surface area contributed by atoms with E-state index in [9.17, 15) is 0 Å². The van der Waals surface area contributed by atoms with Gasteiger partial charge in [-0.3, -0.25) is 4.99 Å². The Kier molecular flexibility index (Phi) is 11.4. The van der Waals surface area contributed by atoms with Gasteiger partial charge in [-0.25, -0.2) is 0 Å². The van der Waals surface area contributed by atoms with E-state index in [2.05, 4.69) is 22.5 Å². The van der Waals surface area contributed by atoms with E-state index >= 15 is 0 Å². The molecule has 2 N–H and O–H groups in total. The summed E-state index contributed by atoms with van der Waals surface area (Å²) < 4.78 is 11.6. The largest absolute Gasteiger partial charge is 0.385 e. The highest BCUT2D eigenvalue weighted by molar-refractivity contribution is 14.0. The maximum absolute atomic E-state index is 6.28. The Morgan fingerprint density at radius 1 is 0.962 bits per heavy atom. The second kappa shape index (κ2) is 12.4. The molecule has 0 unspecified atom stereocenters. The highest BCUT2D eigenvalue weighted by atomic mass is 127. The lowest BCUT2D eigenvalue weighted by Crippen LogP contribution is -2.52. The molecule has 2 aliphatic rings. The standard InChI is InChI=1S/C20H39N3O2.HI/c1-4-14-25-20(11-6-5-7-12-20)17-23-18(21-2)22-16-19(9-8-10-19)13-15-24-3;/h4-17H2,1-3H3,(H2,21,22,23);1H. The second-order valence-electron chi connectivity index (χ2n) is 7.97. The lowest BCUT2D eigenvalue weighted by atomic mass is 9.67. The van der Waals surface area contributed by atoms with Crippen molar-refractivity contribution in [2.75, 3.05) is 40.5 Å².